The average molecular weight is 404 g/mol. The Bertz CT molecular complexity index is 1150. The third kappa shape index (κ3) is 3.85. The zero-order valence-corrected chi connectivity index (χ0v) is 16.9. The first-order valence-electron chi connectivity index (χ1n) is 9.40. The molecule has 0 fully saturated rings. The lowest BCUT2D eigenvalue weighted by molar-refractivity contribution is 0.0920. The number of rotatable bonds is 6. The molecule has 2 heterocycles. The summed E-state index contributed by atoms with van der Waals surface area (Å²) in [6, 6.07) is 13.8. The van der Waals surface area contributed by atoms with Gasteiger partial charge in [-0.1, -0.05) is 0 Å². The summed E-state index contributed by atoms with van der Waals surface area (Å²) in [4.78, 5) is 25.1. The van der Waals surface area contributed by atoms with Crippen LogP contribution in [0.25, 0.3) is 6.08 Å². The minimum absolute atomic E-state index is 0.132. The second-order valence-electron chi connectivity index (χ2n) is 6.94. The summed E-state index contributed by atoms with van der Waals surface area (Å²) in [5.41, 5.74) is 1.72. The summed E-state index contributed by atoms with van der Waals surface area (Å²) in [6.45, 7) is 3.50. The van der Waals surface area contributed by atoms with Crippen LogP contribution in [-0.4, -0.2) is 25.3 Å². The lowest BCUT2D eigenvalue weighted by Gasteiger charge is -2.09. The number of hydrogen-bond donors (Lipinski definition) is 0. The molecule has 0 radical (unpaired) electrons. The molecule has 0 saturated heterocycles. The number of carbonyl (C=O) groups is 2. The monoisotopic (exact) mass is 404 g/mol. The van der Waals surface area contributed by atoms with E-state index in [1.807, 2.05) is 13.0 Å². The van der Waals surface area contributed by atoms with E-state index in [9.17, 15) is 9.59 Å². The zero-order chi connectivity index (χ0) is 21.3. The van der Waals surface area contributed by atoms with Crippen molar-refractivity contribution in [3.8, 4) is 17.2 Å². The predicted octanol–water partition coefficient (Wildman–Crippen LogP) is 4.78. The summed E-state index contributed by atoms with van der Waals surface area (Å²) >= 11 is 0. The van der Waals surface area contributed by atoms with Crippen molar-refractivity contribution in [3.05, 3.63) is 82.5 Å². The van der Waals surface area contributed by atoms with E-state index in [0.717, 1.165) is 5.76 Å². The molecule has 0 amide bonds. The number of allylic oxidation sites excluding steroid dienone is 1. The van der Waals surface area contributed by atoms with Crippen LogP contribution in [0.5, 0.6) is 17.2 Å². The molecule has 0 N–H and O–H groups in total. The van der Waals surface area contributed by atoms with E-state index in [1.165, 1.54) is 0 Å². The van der Waals surface area contributed by atoms with Crippen molar-refractivity contribution in [2.75, 3.05) is 13.7 Å². The van der Waals surface area contributed by atoms with E-state index >= 15 is 0 Å². The Balaban J connectivity index is 1.49. The van der Waals surface area contributed by atoms with Gasteiger partial charge >= 0.3 is 0 Å². The second-order valence-corrected chi connectivity index (χ2v) is 6.94. The van der Waals surface area contributed by atoms with Gasteiger partial charge in [0.05, 0.1) is 12.7 Å². The SMILES string of the molecule is COc1ccc(C(=O)COc2cc(C)c3c(c2)O/C(=C\c2ccc(C)o2)C3=O)cc1. The zero-order valence-electron chi connectivity index (χ0n) is 16.9. The van der Waals surface area contributed by atoms with Gasteiger partial charge in [-0.3, -0.25) is 9.59 Å². The van der Waals surface area contributed by atoms with Crippen molar-refractivity contribution in [1.29, 1.82) is 0 Å². The highest BCUT2D eigenvalue weighted by Crippen LogP contribution is 2.37. The molecule has 30 heavy (non-hydrogen) atoms. The third-order valence-electron chi connectivity index (χ3n) is 4.76. The minimum Gasteiger partial charge on any atom is -0.497 e. The van der Waals surface area contributed by atoms with Gasteiger partial charge in [0, 0.05) is 17.7 Å². The van der Waals surface area contributed by atoms with Gasteiger partial charge in [-0.2, -0.15) is 0 Å². The number of furan rings is 1. The van der Waals surface area contributed by atoms with E-state index in [-0.39, 0.29) is 23.9 Å². The number of ketones is 2. The molecule has 6 heteroatoms. The van der Waals surface area contributed by atoms with Gasteiger partial charge in [-0.25, -0.2) is 0 Å². The Labute approximate surface area is 173 Å². The number of aryl methyl sites for hydroxylation is 2. The van der Waals surface area contributed by atoms with Crippen LogP contribution in [-0.2, 0) is 0 Å². The second kappa shape index (κ2) is 7.91. The predicted molar refractivity (Wildman–Crippen MR) is 110 cm³/mol. The number of ether oxygens (including phenoxy) is 3. The van der Waals surface area contributed by atoms with Gasteiger partial charge in [-0.05, 0) is 61.9 Å². The fourth-order valence-corrected chi connectivity index (χ4v) is 3.23. The van der Waals surface area contributed by atoms with Crippen molar-refractivity contribution in [3.63, 3.8) is 0 Å². The Morgan fingerprint density at radius 2 is 1.80 bits per heavy atom. The number of fused-ring (bicyclic) bond motifs is 1. The number of carbonyl (C=O) groups excluding carboxylic acids is 2. The van der Waals surface area contributed by atoms with E-state index in [4.69, 9.17) is 18.6 Å². The highest BCUT2D eigenvalue weighted by atomic mass is 16.5. The molecular formula is C24H20O6. The van der Waals surface area contributed by atoms with E-state index in [2.05, 4.69) is 0 Å². The van der Waals surface area contributed by atoms with Crippen molar-refractivity contribution >= 4 is 17.6 Å². The summed E-state index contributed by atoms with van der Waals surface area (Å²) in [5.74, 6) is 2.64. The van der Waals surface area contributed by atoms with Gasteiger partial charge in [0.25, 0.3) is 0 Å². The van der Waals surface area contributed by atoms with Crippen LogP contribution in [0.2, 0.25) is 0 Å². The quantitative estimate of drug-likeness (QED) is 0.435. The van der Waals surface area contributed by atoms with E-state index in [0.29, 0.717) is 39.7 Å². The molecule has 1 aliphatic heterocycles. The van der Waals surface area contributed by atoms with E-state index in [1.54, 1.807) is 62.6 Å². The largest absolute Gasteiger partial charge is 0.497 e. The summed E-state index contributed by atoms with van der Waals surface area (Å²) in [7, 11) is 1.57. The van der Waals surface area contributed by atoms with Crippen molar-refractivity contribution in [2.45, 2.75) is 13.8 Å². The summed E-state index contributed by atoms with van der Waals surface area (Å²) < 4.78 is 22.0. The van der Waals surface area contributed by atoms with Crippen molar-refractivity contribution in [2.24, 2.45) is 0 Å². The van der Waals surface area contributed by atoms with Gasteiger partial charge in [0.15, 0.2) is 18.1 Å². The number of methoxy groups -OCH3 is 1. The number of benzene rings is 2. The van der Waals surface area contributed by atoms with Crippen LogP contribution in [0, 0.1) is 13.8 Å². The first kappa shape index (κ1) is 19.5. The van der Waals surface area contributed by atoms with Crippen LogP contribution in [0.3, 0.4) is 0 Å². The maximum absolute atomic E-state index is 12.7. The molecule has 4 rings (SSSR count). The lowest BCUT2D eigenvalue weighted by Crippen LogP contribution is -2.11. The molecule has 6 nitrogen and oxygen atoms in total. The molecule has 0 bridgehead atoms. The fourth-order valence-electron chi connectivity index (χ4n) is 3.23. The smallest absolute Gasteiger partial charge is 0.232 e. The maximum Gasteiger partial charge on any atom is 0.232 e. The maximum atomic E-state index is 12.7. The third-order valence-corrected chi connectivity index (χ3v) is 4.76. The van der Waals surface area contributed by atoms with Crippen molar-refractivity contribution < 1.29 is 28.2 Å². The van der Waals surface area contributed by atoms with Crippen LogP contribution in [0.15, 0.2) is 58.7 Å². The van der Waals surface area contributed by atoms with Gasteiger partial charge in [0.2, 0.25) is 5.78 Å². The standard InChI is InChI=1S/C24H20O6/c1-14-10-19(28-13-20(25)16-5-8-17(27-3)9-6-16)12-21-23(14)24(26)22(30-21)11-18-7-4-15(2)29-18/h4-12H,13H2,1-3H3/b22-11-. The van der Waals surface area contributed by atoms with Crippen LogP contribution in [0.4, 0.5) is 0 Å². The molecule has 1 aromatic heterocycles. The molecule has 0 unspecified atom stereocenters. The fraction of sp³-hybridized carbons (Fsp3) is 0.167. The molecule has 0 atom stereocenters. The normalized spacial score (nSPS) is 13.8. The Hall–Kier alpha value is -3.80. The molecule has 0 aliphatic carbocycles. The average Bonchev–Trinajstić information content (AvgIpc) is 3.29. The van der Waals surface area contributed by atoms with Crippen LogP contribution >= 0.6 is 0 Å². The lowest BCUT2D eigenvalue weighted by atomic mass is 10.0. The molecule has 0 saturated carbocycles. The first-order valence-corrected chi connectivity index (χ1v) is 9.40. The summed E-state index contributed by atoms with van der Waals surface area (Å²) in [6.07, 6.45) is 1.57. The van der Waals surface area contributed by atoms with Gasteiger partial charge < -0.3 is 18.6 Å². The summed E-state index contributed by atoms with van der Waals surface area (Å²) in [5, 5.41) is 0. The topological polar surface area (TPSA) is 75.0 Å². The van der Waals surface area contributed by atoms with Crippen LogP contribution < -0.4 is 14.2 Å². The van der Waals surface area contributed by atoms with E-state index < -0.39 is 0 Å². The molecule has 1 aliphatic rings. The first-order chi connectivity index (χ1) is 14.4. The molecule has 152 valence electrons. The highest BCUT2D eigenvalue weighted by Gasteiger charge is 2.30. The Kier molecular flexibility index (Phi) is 5.14. The van der Waals surface area contributed by atoms with Gasteiger partial charge in [0.1, 0.15) is 28.8 Å². The molecule has 0 spiro atoms. The number of hydrogen-bond acceptors (Lipinski definition) is 6. The Morgan fingerprint density at radius 1 is 1.03 bits per heavy atom. The van der Waals surface area contributed by atoms with Crippen molar-refractivity contribution in [1.82, 2.24) is 0 Å². The molecular weight excluding hydrogens is 384 g/mol. The van der Waals surface area contributed by atoms with Gasteiger partial charge in [-0.15, -0.1) is 0 Å². The molecule has 3 aromatic rings. The Morgan fingerprint density at radius 3 is 2.47 bits per heavy atom. The minimum atomic E-state index is -0.211. The number of Topliss-reactive ketones (excluding diaryl/α,β-unsaturated/α-hetero) is 2. The highest BCUT2D eigenvalue weighted by molar-refractivity contribution is 6.15. The molecule has 2 aromatic carbocycles. The van der Waals surface area contributed by atoms with Crippen LogP contribution in [0.1, 0.15) is 37.8 Å².